The average Bonchev–Trinajstić information content (AvgIpc) is 2.86. The van der Waals surface area contributed by atoms with Crippen LogP contribution in [0.4, 0.5) is 0 Å². The fourth-order valence-corrected chi connectivity index (χ4v) is 2.71. The summed E-state index contributed by atoms with van der Waals surface area (Å²) in [5, 5.41) is 0.909. The lowest BCUT2D eigenvalue weighted by Crippen LogP contribution is -2.48. The molecule has 0 atom stereocenters. The van der Waals surface area contributed by atoms with E-state index in [0.29, 0.717) is 15.6 Å². The van der Waals surface area contributed by atoms with Crippen LogP contribution in [0.15, 0.2) is 18.2 Å². The van der Waals surface area contributed by atoms with E-state index in [1.807, 2.05) is 13.8 Å². The first-order chi connectivity index (χ1) is 8.43. The Morgan fingerprint density at radius 2 is 1.78 bits per heavy atom. The predicted octanol–water partition coefficient (Wildman–Crippen LogP) is 4.05. The average molecular weight is 286 g/mol. The quantitative estimate of drug-likeness (QED) is 0.781. The largest absolute Gasteiger partial charge is 0.292 e. The van der Waals surface area contributed by atoms with Crippen molar-refractivity contribution in [2.75, 3.05) is 13.1 Å². The van der Waals surface area contributed by atoms with E-state index in [-0.39, 0.29) is 5.78 Å². The molecule has 1 heterocycles. The van der Waals surface area contributed by atoms with Crippen LogP contribution in [-0.2, 0) is 0 Å². The fourth-order valence-electron chi connectivity index (χ4n) is 2.41. The molecule has 0 N–H and O–H groups in total. The molecule has 0 aromatic heterocycles. The van der Waals surface area contributed by atoms with Crippen molar-refractivity contribution >= 4 is 29.0 Å². The van der Waals surface area contributed by atoms with Gasteiger partial charge in [-0.3, -0.25) is 9.69 Å². The molecule has 1 aromatic carbocycles. The van der Waals surface area contributed by atoms with Crippen molar-refractivity contribution in [1.82, 2.24) is 4.90 Å². The van der Waals surface area contributed by atoms with Gasteiger partial charge in [-0.15, -0.1) is 0 Å². The minimum atomic E-state index is -0.479. The summed E-state index contributed by atoms with van der Waals surface area (Å²) in [6.45, 7) is 5.92. The van der Waals surface area contributed by atoms with Crippen LogP contribution in [0.1, 0.15) is 37.0 Å². The second kappa shape index (κ2) is 5.20. The number of ketones is 1. The molecule has 1 aliphatic heterocycles. The molecule has 98 valence electrons. The van der Waals surface area contributed by atoms with E-state index in [4.69, 9.17) is 23.2 Å². The number of rotatable bonds is 3. The number of carbonyl (C=O) groups excluding carboxylic acids is 1. The highest BCUT2D eigenvalue weighted by Crippen LogP contribution is 2.28. The van der Waals surface area contributed by atoms with Gasteiger partial charge in [0.25, 0.3) is 0 Å². The van der Waals surface area contributed by atoms with Gasteiger partial charge in [-0.05, 0) is 58.0 Å². The highest BCUT2D eigenvalue weighted by atomic mass is 35.5. The molecule has 4 heteroatoms. The number of likely N-dealkylation sites (tertiary alicyclic amines) is 1. The Balaban J connectivity index is 2.26. The molecule has 0 spiro atoms. The Hall–Kier alpha value is -0.570. The summed E-state index contributed by atoms with van der Waals surface area (Å²) in [7, 11) is 0. The third-order valence-corrected chi connectivity index (χ3v) is 4.37. The van der Waals surface area contributed by atoms with Crippen LogP contribution < -0.4 is 0 Å². The monoisotopic (exact) mass is 285 g/mol. The minimum absolute atomic E-state index is 0.1000. The maximum absolute atomic E-state index is 12.6. The van der Waals surface area contributed by atoms with E-state index in [1.54, 1.807) is 18.2 Å². The topological polar surface area (TPSA) is 20.3 Å². The lowest BCUT2D eigenvalue weighted by Gasteiger charge is -2.34. The summed E-state index contributed by atoms with van der Waals surface area (Å²) in [6.07, 6.45) is 2.33. The van der Waals surface area contributed by atoms with Crippen LogP contribution in [0.25, 0.3) is 0 Å². The van der Waals surface area contributed by atoms with Gasteiger partial charge in [0.2, 0.25) is 0 Å². The number of halogens is 2. The summed E-state index contributed by atoms with van der Waals surface area (Å²) in [5.41, 5.74) is 0.148. The van der Waals surface area contributed by atoms with Crippen LogP contribution in [-0.4, -0.2) is 29.3 Å². The molecule has 1 aromatic rings. The van der Waals surface area contributed by atoms with Crippen molar-refractivity contribution in [2.24, 2.45) is 0 Å². The zero-order valence-electron chi connectivity index (χ0n) is 10.7. The number of nitrogens with zero attached hydrogens (tertiary/aromatic N) is 1. The third kappa shape index (κ3) is 2.56. The molecular formula is C14H17Cl2NO. The van der Waals surface area contributed by atoms with Gasteiger partial charge in [0.15, 0.2) is 5.78 Å². The molecule has 0 saturated carbocycles. The first-order valence-corrected chi connectivity index (χ1v) is 6.93. The van der Waals surface area contributed by atoms with Gasteiger partial charge >= 0.3 is 0 Å². The van der Waals surface area contributed by atoms with Crippen LogP contribution in [0.5, 0.6) is 0 Å². The molecule has 0 bridgehead atoms. The molecule has 2 nitrogen and oxygen atoms in total. The fraction of sp³-hybridized carbons (Fsp3) is 0.500. The molecule has 1 aliphatic rings. The maximum atomic E-state index is 12.6. The van der Waals surface area contributed by atoms with Crippen LogP contribution in [0.3, 0.4) is 0 Å². The lowest BCUT2D eigenvalue weighted by molar-refractivity contribution is 0.0702. The van der Waals surface area contributed by atoms with E-state index < -0.39 is 5.54 Å². The molecule has 0 amide bonds. The summed E-state index contributed by atoms with van der Waals surface area (Å²) in [5.74, 6) is 0.1000. The summed E-state index contributed by atoms with van der Waals surface area (Å²) in [4.78, 5) is 14.8. The molecule has 0 radical (unpaired) electrons. The summed E-state index contributed by atoms with van der Waals surface area (Å²) < 4.78 is 0. The van der Waals surface area contributed by atoms with E-state index in [2.05, 4.69) is 4.90 Å². The minimum Gasteiger partial charge on any atom is -0.292 e. The van der Waals surface area contributed by atoms with E-state index >= 15 is 0 Å². The highest BCUT2D eigenvalue weighted by molar-refractivity contribution is 6.42. The second-order valence-corrected chi connectivity index (χ2v) is 6.03. The maximum Gasteiger partial charge on any atom is 0.182 e. The summed E-state index contributed by atoms with van der Waals surface area (Å²) in [6, 6.07) is 5.08. The van der Waals surface area contributed by atoms with Gasteiger partial charge in [0.1, 0.15) is 0 Å². The van der Waals surface area contributed by atoms with Crippen molar-refractivity contribution in [3.05, 3.63) is 33.8 Å². The van der Waals surface area contributed by atoms with Crippen molar-refractivity contribution in [3.63, 3.8) is 0 Å². The second-order valence-electron chi connectivity index (χ2n) is 5.21. The zero-order chi connectivity index (χ0) is 13.3. The van der Waals surface area contributed by atoms with Gasteiger partial charge in [-0.25, -0.2) is 0 Å². The van der Waals surface area contributed by atoms with E-state index in [1.165, 1.54) is 0 Å². The van der Waals surface area contributed by atoms with Gasteiger partial charge < -0.3 is 0 Å². The predicted molar refractivity (Wildman–Crippen MR) is 75.7 cm³/mol. The number of Topliss-reactive ketones (excluding diaryl/α,β-unsaturated/α-hetero) is 1. The SMILES string of the molecule is CC(C)(C(=O)c1ccc(Cl)c(Cl)c1)N1CCCC1. The number of carbonyl (C=O) groups is 1. The van der Waals surface area contributed by atoms with Crippen molar-refractivity contribution in [2.45, 2.75) is 32.2 Å². The van der Waals surface area contributed by atoms with Gasteiger partial charge in [0.05, 0.1) is 15.6 Å². The Morgan fingerprint density at radius 3 is 2.33 bits per heavy atom. The smallest absolute Gasteiger partial charge is 0.182 e. The third-order valence-electron chi connectivity index (χ3n) is 3.63. The van der Waals surface area contributed by atoms with Gasteiger partial charge in [-0.1, -0.05) is 23.2 Å². The van der Waals surface area contributed by atoms with Crippen LogP contribution in [0.2, 0.25) is 10.0 Å². The normalized spacial score (nSPS) is 17.1. The van der Waals surface area contributed by atoms with Crippen molar-refractivity contribution < 1.29 is 4.79 Å². The van der Waals surface area contributed by atoms with Crippen molar-refractivity contribution in [1.29, 1.82) is 0 Å². The Morgan fingerprint density at radius 1 is 1.17 bits per heavy atom. The molecule has 1 saturated heterocycles. The lowest BCUT2D eigenvalue weighted by atomic mass is 9.91. The van der Waals surface area contributed by atoms with E-state index in [0.717, 1.165) is 25.9 Å². The Kier molecular flexibility index (Phi) is 4.00. The number of benzene rings is 1. The zero-order valence-corrected chi connectivity index (χ0v) is 12.2. The standard InChI is InChI=1S/C14H17Cl2NO/c1-14(2,17-7-3-4-8-17)13(18)10-5-6-11(15)12(16)9-10/h5-6,9H,3-4,7-8H2,1-2H3. The first-order valence-electron chi connectivity index (χ1n) is 6.18. The van der Waals surface area contributed by atoms with Crippen molar-refractivity contribution in [3.8, 4) is 0 Å². The van der Waals surface area contributed by atoms with Crippen LogP contribution >= 0.6 is 23.2 Å². The first kappa shape index (κ1) is 13.9. The molecular weight excluding hydrogens is 269 g/mol. The summed E-state index contributed by atoms with van der Waals surface area (Å²) >= 11 is 11.8. The molecule has 0 unspecified atom stereocenters. The van der Waals surface area contributed by atoms with Gasteiger partial charge in [-0.2, -0.15) is 0 Å². The number of hydrogen-bond donors (Lipinski definition) is 0. The highest BCUT2D eigenvalue weighted by Gasteiger charge is 2.36. The molecule has 0 aliphatic carbocycles. The molecule has 2 rings (SSSR count). The molecule has 1 fully saturated rings. The molecule has 18 heavy (non-hydrogen) atoms. The van der Waals surface area contributed by atoms with Crippen LogP contribution in [0, 0.1) is 0 Å². The Labute approximate surface area is 118 Å². The van der Waals surface area contributed by atoms with E-state index in [9.17, 15) is 4.79 Å². The number of hydrogen-bond acceptors (Lipinski definition) is 2. The Bertz CT molecular complexity index is 465. The van der Waals surface area contributed by atoms with Gasteiger partial charge in [0, 0.05) is 5.56 Å².